The van der Waals surface area contributed by atoms with Crippen molar-refractivity contribution in [3.8, 4) is 0 Å². The topological polar surface area (TPSA) is 55.6 Å². The normalized spacial score (nSPS) is 27.9. The lowest BCUT2D eigenvalue weighted by molar-refractivity contribution is -0.151. The minimum atomic E-state index is -0.762. The summed E-state index contributed by atoms with van der Waals surface area (Å²) >= 11 is 0. The Kier molecular flexibility index (Phi) is 6.23. The van der Waals surface area contributed by atoms with Crippen molar-refractivity contribution in [1.29, 1.82) is 0 Å². The lowest BCUT2D eigenvalue weighted by Gasteiger charge is -2.37. The van der Waals surface area contributed by atoms with Crippen LogP contribution in [0, 0.1) is 11.3 Å². The highest BCUT2D eigenvalue weighted by atomic mass is 16.5. The maximum absolute atomic E-state index is 12.2. The molecule has 0 aromatic heterocycles. The van der Waals surface area contributed by atoms with E-state index in [4.69, 9.17) is 10.5 Å². The second kappa shape index (κ2) is 7.10. The summed E-state index contributed by atoms with van der Waals surface area (Å²) in [7, 11) is 2.16. The molecule has 21 heavy (non-hydrogen) atoms. The fourth-order valence-electron chi connectivity index (χ4n) is 3.25. The summed E-state index contributed by atoms with van der Waals surface area (Å²) in [4.78, 5) is 14.5. The van der Waals surface area contributed by atoms with Crippen molar-refractivity contribution >= 4 is 5.97 Å². The molecular weight excluding hydrogens is 264 g/mol. The Balaban J connectivity index is 2.60. The molecule has 1 aliphatic rings. The lowest BCUT2D eigenvalue weighted by atomic mass is 9.84. The molecule has 0 saturated heterocycles. The lowest BCUT2D eigenvalue weighted by Crippen LogP contribution is -2.53. The second-order valence-corrected chi connectivity index (χ2v) is 7.66. The Hall–Kier alpha value is -0.610. The maximum Gasteiger partial charge on any atom is 0.326 e. The monoisotopic (exact) mass is 298 g/mol. The molecule has 1 rings (SSSR count). The standard InChI is InChI=1S/C17H34N2O2/c1-7-21-15(20)17(18)11-8-9-14(17)10-12-19(6)13(2)16(3,4)5/h13-14H,7-12,18H2,1-6H3. The number of hydrogen-bond donors (Lipinski definition) is 1. The first-order valence-corrected chi connectivity index (χ1v) is 8.29. The number of hydrogen-bond acceptors (Lipinski definition) is 4. The van der Waals surface area contributed by atoms with E-state index in [2.05, 4.69) is 39.6 Å². The fourth-order valence-corrected chi connectivity index (χ4v) is 3.25. The van der Waals surface area contributed by atoms with Crippen molar-refractivity contribution in [3.05, 3.63) is 0 Å². The summed E-state index contributed by atoms with van der Waals surface area (Å²) in [5.74, 6) is 0.0326. The van der Waals surface area contributed by atoms with Gasteiger partial charge in [0.2, 0.25) is 0 Å². The van der Waals surface area contributed by atoms with E-state index in [0.29, 0.717) is 12.6 Å². The zero-order chi connectivity index (χ0) is 16.3. The van der Waals surface area contributed by atoms with Crippen LogP contribution in [0.25, 0.3) is 0 Å². The van der Waals surface area contributed by atoms with Gasteiger partial charge >= 0.3 is 5.97 Å². The number of carbonyl (C=O) groups is 1. The van der Waals surface area contributed by atoms with Crippen LogP contribution in [0.5, 0.6) is 0 Å². The van der Waals surface area contributed by atoms with Crippen LogP contribution in [0.2, 0.25) is 0 Å². The van der Waals surface area contributed by atoms with Gasteiger partial charge in [0.25, 0.3) is 0 Å². The summed E-state index contributed by atoms with van der Waals surface area (Å²) in [6, 6.07) is 0.494. The summed E-state index contributed by atoms with van der Waals surface area (Å²) in [5.41, 5.74) is 5.88. The van der Waals surface area contributed by atoms with E-state index in [1.165, 1.54) is 0 Å². The predicted molar refractivity (Wildman–Crippen MR) is 87.1 cm³/mol. The van der Waals surface area contributed by atoms with Gasteiger partial charge in [0.05, 0.1) is 6.61 Å². The summed E-state index contributed by atoms with van der Waals surface area (Å²) in [5, 5.41) is 0. The molecule has 0 aromatic carbocycles. The molecule has 0 spiro atoms. The average molecular weight is 298 g/mol. The van der Waals surface area contributed by atoms with Crippen molar-refractivity contribution in [1.82, 2.24) is 4.90 Å². The molecule has 1 fully saturated rings. The minimum Gasteiger partial charge on any atom is -0.465 e. The van der Waals surface area contributed by atoms with Crippen LogP contribution < -0.4 is 5.73 Å². The van der Waals surface area contributed by atoms with Gasteiger partial charge < -0.3 is 15.4 Å². The molecule has 0 heterocycles. The van der Waals surface area contributed by atoms with E-state index in [0.717, 1.165) is 32.2 Å². The van der Waals surface area contributed by atoms with Crippen LogP contribution in [0.3, 0.4) is 0 Å². The van der Waals surface area contributed by atoms with Crippen LogP contribution in [0.4, 0.5) is 0 Å². The van der Waals surface area contributed by atoms with E-state index >= 15 is 0 Å². The predicted octanol–water partition coefficient (Wildman–Crippen LogP) is 2.80. The first-order valence-electron chi connectivity index (χ1n) is 8.29. The van der Waals surface area contributed by atoms with Crippen LogP contribution in [-0.4, -0.2) is 42.6 Å². The zero-order valence-corrected chi connectivity index (χ0v) is 14.7. The second-order valence-electron chi connectivity index (χ2n) is 7.66. The Labute approximate surface area is 130 Å². The van der Waals surface area contributed by atoms with Crippen LogP contribution >= 0.6 is 0 Å². The smallest absolute Gasteiger partial charge is 0.326 e. The molecule has 1 saturated carbocycles. The Bertz CT molecular complexity index is 351. The number of ether oxygens (including phenoxy) is 1. The van der Waals surface area contributed by atoms with Crippen molar-refractivity contribution in [3.63, 3.8) is 0 Å². The van der Waals surface area contributed by atoms with Gasteiger partial charge in [-0.05, 0) is 58.0 Å². The quantitative estimate of drug-likeness (QED) is 0.766. The average Bonchev–Trinajstić information content (AvgIpc) is 2.77. The minimum absolute atomic E-state index is 0.209. The molecule has 124 valence electrons. The van der Waals surface area contributed by atoms with Crippen molar-refractivity contribution in [2.24, 2.45) is 17.1 Å². The third-order valence-corrected chi connectivity index (χ3v) is 5.27. The molecule has 3 atom stereocenters. The van der Waals surface area contributed by atoms with Crippen LogP contribution in [0.1, 0.15) is 60.3 Å². The van der Waals surface area contributed by atoms with E-state index < -0.39 is 5.54 Å². The largest absolute Gasteiger partial charge is 0.465 e. The number of nitrogens with zero attached hydrogens (tertiary/aromatic N) is 1. The molecule has 2 N–H and O–H groups in total. The van der Waals surface area contributed by atoms with E-state index in [1.54, 1.807) is 0 Å². The molecule has 0 aliphatic heterocycles. The Morgan fingerprint density at radius 2 is 2.10 bits per heavy atom. The van der Waals surface area contributed by atoms with Crippen molar-refractivity contribution in [2.75, 3.05) is 20.2 Å². The molecule has 0 aromatic rings. The zero-order valence-electron chi connectivity index (χ0n) is 14.7. The summed E-state index contributed by atoms with van der Waals surface area (Å²) in [6.07, 6.45) is 3.78. The van der Waals surface area contributed by atoms with Gasteiger partial charge in [-0.15, -0.1) is 0 Å². The number of esters is 1. The molecule has 4 heteroatoms. The molecule has 0 radical (unpaired) electrons. The van der Waals surface area contributed by atoms with Gasteiger partial charge in [0, 0.05) is 6.04 Å². The molecule has 0 bridgehead atoms. The van der Waals surface area contributed by atoms with Gasteiger partial charge in [-0.25, -0.2) is 0 Å². The molecule has 1 aliphatic carbocycles. The Morgan fingerprint density at radius 1 is 1.48 bits per heavy atom. The fraction of sp³-hybridized carbons (Fsp3) is 0.941. The third kappa shape index (κ3) is 4.43. The van der Waals surface area contributed by atoms with Gasteiger partial charge in [-0.2, -0.15) is 0 Å². The van der Waals surface area contributed by atoms with Crippen LogP contribution in [-0.2, 0) is 9.53 Å². The van der Waals surface area contributed by atoms with E-state index in [-0.39, 0.29) is 17.3 Å². The number of rotatable bonds is 6. The molecule has 4 nitrogen and oxygen atoms in total. The van der Waals surface area contributed by atoms with Gasteiger partial charge in [0.1, 0.15) is 5.54 Å². The summed E-state index contributed by atoms with van der Waals surface area (Å²) < 4.78 is 5.19. The number of nitrogens with two attached hydrogens (primary N) is 1. The highest BCUT2D eigenvalue weighted by Gasteiger charge is 2.46. The van der Waals surface area contributed by atoms with Gasteiger partial charge in [0.15, 0.2) is 0 Å². The Morgan fingerprint density at radius 3 is 2.62 bits per heavy atom. The first-order chi connectivity index (χ1) is 9.63. The van der Waals surface area contributed by atoms with E-state index in [9.17, 15) is 4.79 Å². The number of carbonyl (C=O) groups excluding carboxylic acids is 1. The van der Waals surface area contributed by atoms with E-state index in [1.807, 2.05) is 6.92 Å². The van der Waals surface area contributed by atoms with Crippen molar-refractivity contribution < 1.29 is 9.53 Å². The molecule has 0 amide bonds. The van der Waals surface area contributed by atoms with Gasteiger partial charge in [-0.3, -0.25) is 4.79 Å². The first kappa shape index (κ1) is 18.4. The molecular formula is C17H34N2O2. The highest BCUT2D eigenvalue weighted by Crippen LogP contribution is 2.37. The highest BCUT2D eigenvalue weighted by molar-refractivity contribution is 5.81. The third-order valence-electron chi connectivity index (χ3n) is 5.27. The van der Waals surface area contributed by atoms with Crippen molar-refractivity contribution in [2.45, 2.75) is 71.9 Å². The van der Waals surface area contributed by atoms with Gasteiger partial charge in [-0.1, -0.05) is 27.2 Å². The summed E-state index contributed by atoms with van der Waals surface area (Å²) in [6.45, 7) is 12.3. The molecule has 3 unspecified atom stereocenters. The maximum atomic E-state index is 12.2. The SMILES string of the molecule is CCOC(=O)C1(N)CCCC1CCN(C)C(C)C(C)(C)C. The van der Waals surface area contributed by atoms with Crippen LogP contribution in [0.15, 0.2) is 0 Å².